The Labute approximate surface area is 128 Å². The lowest BCUT2D eigenvalue weighted by Crippen LogP contribution is -2.30. The molecule has 0 saturated heterocycles. The van der Waals surface area contributed by atoms with Gasteiger partial charge in [-0.3, -0.25) is 4.79 Å². The molecule has 1 aromatic carbocycles. The van der Waals surface area contributed by atoms with E-state index < -0.39 is 0 Å². The number of nitrogens with one attached hydrogen (secondary N) is 2. The zero-order chi connectivity index (χ0) is 15.4. The Morgan fingerprint density at radius 2 is 2.14 bits per heavy atom. The van der Waals surface area contributed by atoms with Crippen LogP contribution in [0.5, 0.6) is 5.75 Å². The highest BCUT2D eigenvalue weighted by Crippen LogP contribution is 2.29. The summed E-state index contributed by atoms with van der Waals surface area (Å²) in [7, 11) is 1.62. The smallest absolute Gasteiger partial charge is 0.271 e. The third-order valence-electron chi connectivity index (χ3n) is 2.75. The Morgan fingerprint density at radius 3 is 2.81 bits per heavy atom. The summed E-state index contributed by atoms with van der Waals surface area (Å²) in [5.74, 6) is 0.578. The lowest BCUT2D eigenvalue weighted by atomic mass is 10.2. The van der Waals surface area contributed by atoms with Crippen LogP contribution >= 0.6 is 11.3 Å². The number of anilines is 2. The summed E-state index contributed by atoms with van der Waals surface area (Å²) in [5.41, 5.74) is 2.37. The summed E-state index contributed by atoms with van der Waals surface area (Å²) in [6.45, 7) is 5.84. The van der Waals surface area contributed by atoms with Crippen LogP contribution in [0.1, 0.15) is 29.9 Å². The lowest BCUT2D eigenvalue weighted by molar-refractivity contribution is 0.0939. The maximum Gasteiger partial charge on any atom is 0.271 e. The van der Waals surface area contributed by atoms with E-state index in [1.807, 2.05) is 39.0 Å². The van der Waals surface area contributed by atoms with Crippen molar-refractivity contribution in [2.24, 2.45) is 0 Å². The first kappa shape index (κ1) is 15.3. The van der Waals surface area contributed by atoms with Gasteiger partial charge >= 0.3 is 0 Å². The van der Waals surface area contributed by atoms with Crippen molar-refractivity contribution in [3.8, 4) is 5.75 Å². The van der Waals surface area contributed by atoms with Crippen LogP contribution in [0.15, 0.2) is 23.6 Å². The van der Waals surface area contributed by atoms with E-state index in [1.54, 1.807) is 12.5 Å². The van der Waals surface area contributed by atoms with Gasteiger partial charge in [-0.15, -0.1) is 11.3 Å². The number of thiazole rings is 1. The van der Waals surface area contributed by atoms with Crippen molar-refractivity contribution in [1.29, 1.82) is 0 Å². The van der Waals surface area contributed by atoms with Crippen molar-refractivity contribution in [2.75, 3.05) is 12.4 Å². The van der Waals surface area contributed by atoms with E-state index in [1.165, 1.54) is 11.3 Å². The summed E-state index contributed by atoms with van der Waals surface area (Å²) >= 11 is 1.39. The largest absolute Gasteiger partial charge is 0.495 e. The fraction of sp³-hybridized carbons (Fsp3) is 0.333. The van der Waals surface area contributed by atoms with Crippen molar-refractivity contribution in [3.05, 3.63) is 34.8 Å². The molecule has 0 aliphatic carbocycles. The molecule has 0 radical (unpaired) electrons. The number of rotatable bonds is 5. The quantitative estimate of drug-likeness (QED) is 0.889. The zero-order valence-corrected chi connectivity index (χ0v) is 13.4. The number of ether oxygens (including phenoxy) is 1. The molecule has 0 unspecified atom stereocenters. The second kappa shape index (κ2) is 6.58. The molecule has 0 atom stereocenters. The minimum atomic E-state index is -0.162. The van der Waals surface area contributed by atoms with E-state index in [0.717, 1.165) is 17.0 Å². The molecule has 2 aromatic rings. The second-order valence-corrected chi connectivity index (χ2v) is 5.85. The van der Waals surface area contributed by atoms with Crippen LogP contribution in [0.2, 0.25) is 0 Å². The molecular weight excluding hydrogens is 286 g/mol. The molecule has 21 heavy (non-hydrogen) atoms. The number of methoxy groups -OCH3 is 1. The van der Waals surface area contributed by atoms with Gasteiger partial charge < -0.3 is 15.4 Å². The zero-order valence-electron chi connectivity index (χ0n) is 12.6. The summed E-state index contributed by atoms with van der Waals surface area (Å²) < 4.78 is 5.31. The monoisotopic (exact) mass is 305 g/mol. The topological polar surface area (TPSA) is 63.2 Å². The fourth-order valence-electron chi connectivity index (χ4n) is 1.81. The number of aromatic nitrogens is 1. The van der Waals surface area contributed by atoms with E-state index in [4.69, 9.17) is 4.74 Å². The minimum absolute atomic E-state index is 0.0903. The Morgan fingerprint density at radius 1 is 1.38 bits per heavy atom. The number of carbonyl (C=O) groups excluding carboxylic acids is 1. The summed E-state index contributed by atoms with van der Waals surface area (Å²) in [5, 5.41) is 8.41. The van der Waals surface area contributed by atoms with Crippen LogP contribution in [0.3, 0.4) is 0 Å². The maximum absolute atomic E-state index is 11.9. The second-order valence-electron chi connectivity index (χ2n) is 4.99. The van der Waals surface area contributed by atoms with Gasteiger partial charge in [0, 0.05) is 11.4 Å². The van der Waals surface area contributed by atoms with Gasteiger partial charge in [-0.25, -0.2) is 4.98 Å². The predicted molar refractivity (Wildman–Crippen MR) is 85.7 cm³/mol. The number of amides is 1. The van der Waals surface area contributed by atoms with Crippen LogP contribution in [0, 0.1) is 6.92 Å². The standard InChI is InChI=1S/C15H19N3O2S/c1-9(2)16-14(19)12-8-21-15(18-12)17-11-7-10(3)5-6-13(11)20-4/h5-9H,1-4H3,(H,16,19)(H,17,18). The molecular formula is C15H19N3O2S. The van der Waals surface area contributed by atoms with Gasteiger partial charge in [0.2, 0.25) is 0 Å². The molecule has 0 bridgehead atoms. The highest BCUT2D eigenvalue weighted by atomic mass is 32.1. The Bertz CT molecular complexity index is 638. The highest BCUT2D eigenvalue weighted by Gasteiger charge is 2.12. The van der Waals surface area contributed by atoms with E-state index in [0.29, 0.717) is 10.8 Å². The number of carbonyl (C=O) groups is 1. The first-order chi connectivity index (χ1) is 9.99. The average molecular weight is 305 g/mol. The van der Waals surface area contributed by atoms with Crippen LogP contribution in [0.4, 0.5) is 10.8 Å². The van der Waals surface area contributed by atoms with Gasteiger partial charge in [0.1, 0.15) is 11.4 Å². The molecule has 1 heterocycles. The molecule has 0 fully saturated rings. The predicted octanol–water partition coefficient (Wildman–Crippen LogP) is 3.34. The Hall–Kier alpha value is -2.08. The summed E-state index contributed by atoms with van der Waals surface area (Å²) in [6, 6.07) is 5.95. The normalized spacial score (nSPS) is 10.5. The van der Waals surface area contributed by atoms with Crippen LogP contribution < -0.4 is 15.4 Å². The first-order valence-electron chi connectivity index (χ1n) is 6.67. The molecule has 112 valence electrons. The van der Waals surface area contributed by atoms with Gasteiger partial charge in [-0.1, -0.05) is 6.07 Å². The van der Waals surface area contributed by atoms with Crippen molar-refractivity contribution in [1.82, 2.24) is 10.3 Å². The number of nitrogens with zero attached hydrogens (tertiary/aromatic N) is 1. The lowest BCUT2D eigenvalue weighted by Gasteiger charge is -2.09. The molecule has 0 saturated carbocycles. The highest BCUT2D eigenvalue weighted by molar-refractivity contribution is 7.14. The van der Waals surface area contributed by atoms with Crippen molar-refractivity contribution in [3.63, 3.8) is 0 Å². The maximum atomic E-state index is 11.9. The SMILES string of the molecule is COc1ccc(C)cc1Nc1nc(C(=O)NC(C)C)cs1. The average Bonchev–Trinajstić information content (AvgIpc) is 2.87. The van der Waals surface area contributed by atoms with E-state index in [-0.39, 0.29) is 11.9 Å². The third kappa shape index (κ3) is 3.95. The van der Waals surface area contributed by atoms with Gasteiger partial charge in [-0.2, -0.15) is 0 Å². The van der Waals surface area contributed by atoms with Gasteiger partial charge in [-0.05, 0) is 38.5 Å². The molecule has 0 spiro atoms. The molecule has 6 heteroatoms. The molecule has 2 N–H and O–H groups in total. The Balaban J connectivity index is 2.16. The summed E-state index contributed by atoms with van der Waals surface area (Å²) in [6.07, 6.45) is 0. The molecule has 1 amide bonds. The Kier molecular flexibility index (Phi) is 4.80. The number of aryl methyl sites for hydroxylation is 1. The minimum Gasteiger partial charge on any atom is -0.495 e. The first-order valence-corrected chi connectivity index (χ1v) is 7.55. The third-order valence-corrected chi connectivity index (χ3v) is 3.51. The van der Waals surface area contributed by atoms with E-state index in [2.05, 4.69) is 15.6 Å². The van der Waals surface area contributed by atoms with Crippen LogP contribution in [-0.4, -0.2) is 24.0 Å². The van der Waals surface area contributed by atoms with Gasteiger partial charge in [0.25, 0.3) is 5.91 Å². The number of hydrogen-bond acceptors (Lipinski definition) is 5. The van der Waals surface area contributed by atoms with Crippen molar-refractivity contribution < 1.29 is 9.53 Å². The van der Waals surface area contributed by atoms with Gasteiger partial charge in [0.05, 0.1) is 12.8 Å². The number of benzene rings is 1. The fourth-order valence-corrected chi connectivity index (χ4v) is 2.51. The molecule has 1 aromatic heterocycles. The molecule has 0 aliphatic heterocycles. The van der Waals surface area contributed by atoms with E-state index in [9.17, 15) is 4.79 Å². The van der Waals surface area contributed by atoms with Crippen LogP contribution in [-0.2, 0) is 0 Å². The van der Waals surface area contributed by atoms with Gasteiger partial charge in [0.15, 0.2) is 5.13 Å². The van der Waals surface area contributed by atoms with Crippen LogP contribution in [0.25, 0.3) is 0 Å². The number of hydrogen-bond donors (Lipinski definition) is 2. The molecule has 5 nitrogen and oxygen atoms in total. The summed E-state index contributed by atoms with van der Waals surface area (Å²) in [4.78, 5) is 16.2. The molecule has 0 aliphatic rings. The van der Waals surface area contributed by atoms with E-state index >= 15 is 0 Å². The molecule has 2 rings (SSSR count). The van der Waals surface area contributed by atoms with Crippen molar-refractivity contribution >= 4 is 28.1 Å². The van der Waals surface area contributed by atoms with Crippen molar-refractivity contribution in [2.45, 2.75) is 26.8 Å².